The highest BCUT2D eigenvalue weighted by atomic mass is 79.9. The average molecular weight is 360 g/mol. The van der Waals surface area contributed by atoms with Crippen LogP contribution in [0, 0.1) is 11.2 Å². The fourth-order valence-corrected chi connectivity index (χ4v) is 2.34. The topological polar surface area (TPSA) is 66.4 Å². The number of aliphatic carboxylic acids is 1. The van der Waals surface area contributed by atoms with E-state index in [9.17, 15) is 14.0 Å². The van der Waals surface area contributed by atoms with Crippen LogP contribution in [-0.4, -0.2) is 23.5 Å². The zero-order valence-electron chi connectivity index (χ0n) is 12.1. The van der Waals surface area contributed by atoms with Crippen molar-refractivity contribution in [1.82, 2.24) is 5.32 Å². The van der Waals surface area contributed by atoms with Crippen LogP contribution < -0.4 is 5.32 Å². The van der Waals surface area contributed by atoms with Crippen LogP contribution in [0.1, 0.15) is 43.5 Å². The van der Waals surface area contributed by atoms with Crippen LogP contribution in [-0.2, 0) is 4.79 Å². The highest BCUT2D eigenvalue weighted by Gasteiger charge is 2.19. The first-order valence-corrected chi connectivity index (χ1v) is 7.45. The third kappa shape index (κ3) is 6.71. The number of halogens is 2. The van der Waals surface area contributed by atoms with Crippen LogP contribution in [0.25, 0.3) is 0 Å². The minimum absolute atomic E-state index is 0.109. The molecule has 0 unspecified atom stereocenters. The summed E-state index contributed by atoms with van der Waals surface area (Å²) < 4.78 is 13.7. The summed E-state index contributed by atoms with van der Waals surface area (Å²) in [6, 6.07) is 4.01. The molecule has 0 radical (unpaired) electrons. The number of rotatable bonds is 7. The van der Waals surface area contributed by atoms with Gasteiger partial charge in [0.1, 0.15) is 5.82 Å². The highest BCUT2D eigenvalue weighted by molar-refractivity contribution is 9.10. The quantitative estimate of drug-likeness (QED) is 0.781. The van der Waals surface area contributed by atoms with Gasteiger partial charge in [-0.25, -0.2) is 4.39 Å². The van der Waals surface area contributed by atoms with Crippen LogP contribution >= 0.6 is 15.9 Å². The summed E-state index contributed by atoms with van der Waals surface area (Å²) in [7, 11) is 0. The van der Waals surface area contributed by atoms with E-state index in [1.807, 2.05) is 13.8 Å². The molecule has 21 heavy (non-hydrogen) atoms. The van der Waals surface area contributed by atoms with E-state index in [0.29, 0.717) is 23.9 Å². The van der Waals surface area contributed by atoms with Crippen LogP contribution in [0.2, 0.25) is 0 Å². The van der Waals surface area contributed by atoms with Crippen molar-refractivity contribution in [3.05, 3.63) is 34.1 Å². The van der Waals surface area contributed by atoms with E-state index in [1.54, 1.807) is 6.07 Å². The number of carbonyl (C=O) groups is 2. The Balaban J connectivity index is 2.47. The molecule has 0 fully saturated rings. The maximum absolute atomic E-state index is 13.2. The molecule has 0 atom stereocenters. The largest absolute Gasteiger partial charge is 0.481 e. The second-order valence-corrected chi connectivity index (χ2v) is 6.64. The summed E-state index contributed by atoms with van der Waals surface area (Å²) in [5.41, 5.74) is 0.0824. The molecule has 0 heterocycles. The van der Waals surface area contributed by atoms with Crippen molar-refractivity contribution in [3.63, 3.8) is 0 Å². The summed E-state index contributed by atoms with van der Waals surface area (Å²) in [5, 5.41) is 11.4. The molecule has 4 nitrogen and oxygen atoms in total. The Morgan fingerprint density at radius 2 is 1.95 bits per heavy atom. The third-order valence-electron chi connectivity index (χ3n) is 3.23. The van der Waals surface area contributed by atoms with Gasteiger partial charge in [0.15, 0.2) is 0 Å². The molecular weight excluding hydrogens is 341 g/mol. The van der Waals surface area contributed by atoms with Crippen molar-refractivity contribution >= 4 is 27.8 Å². The average Bonchev–Trinajstić information content (AvgIpc) is 2.35. The summed E-state index contributed by atoms with van der Waals surface area (Å²) in [5.74, 6) is -1.64. The van der Waals surface area contributed by atoms with E-state index in [1.165, 1.54) is 12.1 Å². The maximum Gasteiger partial charge on any atom is 0.303 e. The molecule has 0 saturated carbocycles. The molecule has 0 aliphatic heterocycles. The summed E-state index contributed by atoms with van der Waals surface area (Å²) in [6.07, 6.45) is 1.31. The fraction of sp³-hybridized carbons (Fsp3) is 0.467. The lowest BCUT2D eigenvalue weighted by atomic mass is 9.84. The van der Waals surface area contributed by atoms with Crippen molar-refractivity contribution in [2.45, 2.75) is 33.1 Å². The minimum Gasteiger partial charge on any atom is -0.481 e. The zero-order valence-corrected chi connectivity index (χ0v) is 13.7. The van der Waals surface area contributed by atoms with E-state index < -0.39 is 11.8 Å². The van der Waals surface area contributed by atoms with Crippen molar-refractivity contribution in [2.24, 2.45) is 5.41 Å². The van der Waals surface area contributed by atoms with Gasteiger partial charge in [0.2, 0.25) is 0 Å². The Labute approximate surface area is 131 Å². The maximum atomic E-state index is 13.2. The van der Waals surface area contributed by atoms with Crippen molar-refractivity contribution in [1.29, 1.82) is 0 Å². The molecule has 0 aromatic heterocycles. The second-order valence-electron chi connectivity index (χ2n) is 5.72. The molecule has 0 saturated heterocycles. The molecule has 0 spiro atoms. The first-order valence-electron chi connectivity index (χ1n) is 6.66. The van der Waals surface area contributed by atoms with Gasteiger partial charge in [-0.05, 0) is 36.5 Å². The van der Waals surface area contributed by atoms with Crippen molar-refractivity contribution in [3.8, 4) is 0 Å². The molecule has 0 aliphatic carbocycles. The first kappa shape index (κ1) is 17.6. The molecule has 1 amide bonds. The van der Waals surface area contributed by atoms with Gasteiger partial charge < -0.3 is 10.4 Å². The molecule has 0 aliphatic rings. The molecule has 2 N–H and O–H groups in total. The van der Waals surface area contributed by atoms with Gasteiger partial charge in [0.25, 0.3) is 5.91 Å². The van der Waals surface area contributed by atoms with Gasteiger partial charge in [-0.15, -0.1) is 0 Å². The number of carboxylic acid groups (broad SMARTS) is 1. The number of carbonyl (C=O) groups excluding carboxylic acids is 1. The number of benzene rings is 1. The Hall–Kier alpha value is -1.43. The molecule has 0 bridgehead atoms. The lowest BCUT2D eigenvalue weighted by Crippen LogP contribution is -2.28. The molecular formula is C15H19BrFNO3. The Morgan fingerprint density at radius 3 is 2.52 bits per heavy atom. The Morgan fingerprint density at radius 1 is 1.29 bits per heavy atom. The van der Waals surface area contributed by atoms with Gasteiger partial charge in [-0.3, -0.25) is 9.59 Å². The monoisotopic (exact) mass is 359 g/mol. The van der Waals surface area contributed by atoms with E-state index >= 15 is 0 Å². The predicted octanol–water partition coefficient (Wildman–Crippen LogP) is 3.60. The lowest BCUT2D eigenvalue weighted by molar-refractivity contribution is -0.137. The summed E-state index contributed by atoms with van der Waals surface area (Å²) >= 11 is 3.14. The van der Waals surface area contributed by atoms with Gasteiger partial charge >= 0.3 is 5.97 Å². The highest BCUT2D eigenvalue weighted by Crippen LogP contribution is 2.26. The molecule has 1 aromatic rings. The number of hydrogen-bond acceptors (Lipinski definition) is 2. The van der Waals surface area contributed by atoms with Crippen molar-refractivity contribution in [2.75, 3.05) is 6.54 Å². The van der Waals surface area contributed by atoms with Crippen molar-refractivity contribution < 1.29 is 19.1 Å². The molecule has 1 aromatic carbocycles. The number of nitrogens with one attached hydrogen (secondary N) is 1. The zero-order chi connectivity index (χ0) is 16.0. The standard InChI is InChI=1S/C15H19BrFNO3/c1-15(2,4-3-13(19)20)5-6-18-14(21)10-7-11(16)9-12(17)8-10/h7-9H,3-6H2,1-2H3,(H,18,21)(H,19,20). The normalized spacial score (nSPS) is 11.2. The van der Waals surface area contributed by atoms with E-state index in [4.69, 9.17) is 5.11 Å². The van der Waals surface area contributed by atoms with Crippen LogP contribution in [0.4, 0.5) is 4.39 Å². The smallest absolute Gasteiger partial charge is 0.303 e. The molecule has 116 valence electrons. The molecule has 6 heteroatoms. The second kappa shape index (κ2) is 7.54. The number of amides is 1. The predicted molar refractivity (Wildman–Crippen MR) is 81.7 cm³/mol. The summed E-state index contributed by atoms with van der Waals surface area (Å²) in [4.78, 5) is 22.5. The SMILES string of the molecule is CC(C)(CCNC(=O)c1cc(F)cc(Br)c1)CCC(=O)O. The Kier molecular flexibility index (Phi) is 6.33. The van der Waals surface area contributed by atoms with Crippen LogP contribution in [0.15, 0.2) is 22.7 Å². The number of carboxylic acids is 1. The van der Waals surface area contributed by atoms with Gasteiger partial charge in [-0.2, -0.15) is 0 Å². The van der Waals surface area contributed by atoms with E-state index in [2.05, 4.69) is 21.2 Å². The van der Waals surface area contributed by atoms with Gasteiger partial charge in [0.05, 0.1) is 0 Å². The van der Waals surface area contributed by atoms with E-state index in [0.717, 1.165) is 0 Å². The van der Waals surface area contributed by atoms with Crippen LogP contribution in [0.3, 0.4) is 0 Å². The van der Waals surface area contributed by atoms with Crippen LogP contribution in [0.5, 0.6) is 0 Å². The lowest BCUT2D eigenvalue weighted by Gasteiger charge is -2.23. The van der Waals surface area contributed by atoms with Gasteiger partial charge in [0, 0.05) is 23.0 Å². The number of hydrogen-bond donors (Lipinski definition) is 2. The third-order valence-corrected chi connectivity index (χ3v) is 3.69. The Bertz CT molecular complexity index is 511. The minimum atomic E-state index is -0.822. The summed E-state index contributed by atoms with van der Waals surface area (Å²) in [6.45, 7) is 4.33. The fourth-order valence-electron chi connectivity index (χ4n) is 1.87. The van der Waals surface area contributed by atoms with Gasteiger partial charge in [-0.1, -0.05) is 29.8 Å². The molecule has 1 rings (SSSR count). The van der Waals surface area contributed by atoms with E-state index in [-0.39, 0.29) is 23.3 Å². The first-order chi connectivity index (χ1) is 9.69.